The van der Waals surface area contributed by atoms with E-state index in [1.165, 1.54) is 35.2 Å². The average Bonchev–Trinajstić information content (AvgIpc) is 2.96. The number of nitrogens with zero attached hydrogens (tertiary/aromatic N) is 2. The van der Waals surface area contributed by atoms with Crippen molar-refractivity contribution in [2.45, 2.75) is 12.5 Å². The van der Waals surface area contributed by atoms with E-state index in [0.717, 1.165) is 0 Å². The Morgan fingerprint density at radius 1 is 1.25 bits per heavy atom. The molecule has 120 valence electrons. The van der Waals surface area contributed by atoms with Crippen molar-refractivity contribution in [2.24, 2.45) is 0 Å². The van der Waals surface area contributed by atoms with Gasteiger partial charge in [0.15, 0.2) is 0 Å². The third-order valence-electron chi connectivity index (χ3n) is 3.90. The minimum Gasteiger partial charge on any atom is -0.340 e. The summed E-state index contributed by atoms with van der Waals surface area (Å²) in [6, 6.07) is 13.3. The number of hydrogen-bond donors (Lipinski definition) is 1. The molecule has 2 aromatic rings. The van der Waals surface area contributed by atoms with Crippen LogP contribution in [0.3, 0.4) is 0 Å². The van der Waals surface area contributed by atoms with Gasteiger partial charge in [0.1, 0.15) is 11.9 Å². The Morgan fingerprint density at radius 2 is 2.00 bits per heavy atom. The zero-order chi connectivity index (χ0) is 17.1. The zero-order valence-corrected chi connectivity index (χ0v) is 12.7. The molecular weight excluding hydrogens is 309 g/mol. The first-order valence-corrected chi connectivity index (χ1v) is 7.46. The molecule has 5 nitrogen and oxygen atoms in total. The minimum absolute atomic E-state index is 0.230. The molecule has 2 aromatic carbocycles. The maximum atomic E-state index is 13.0. The Bertz CT molecular complexity index is 827. The largest absolute Gasteiger partial charge is 0.340 e. The number of hydrogen-bond acceptors (Lipinski definition) is 3. The van der Waals surface area contributed by atoms with Crippen LogP contribution < -0.4 is 10.2 Å². The molecule has 2 amide bonds. The van der Waals surface area contributed by atoms with Crippen LogP contribution in [-0.2, 0) is 4.79 Å². The lowest BCUT2D eigenvalue weighted by atomic mass is 10.1. The monoisotopic (exact) mass is 323 g/mol. The molecule has 6 heteroatoms. The van der Waals surface area contributed by atoms with E-state index in [9.17, 15) is 14.0 Å². The molecule has 3 rings (SSSR count). The van der Waals surface area contributed by atoms with E-state index < -0.39 is 11.9 Å². The molecule has 0 unspecified atom stereocenters. The van der Waals surface area contributed by atoms with E-state index in [-0.39, 0.29) is 11.7 Å². The topological polar surface area (TPSA) is 73.2 Å². The Balaban J connectivity index is 1.70. The molecule has 1 atom stereocenters. The van der Waals surface area contributed by atoms with Crippen LogP contribution in [0.15, 0.2) is 48.5 Å². The number of benzene rings is 2. The molecule has 1 aliphatic heterocycles. The smallest absolute Gasteiger partial charge is 0.251 e. The molecule has 1 fully saturated rings. The number of halogens is 1. The van der Waals surface area contributed by atoms with Gasteiger partial charge in [0, 0.05) is 17.8 Å². The fraction of sp³-hybridized carbons (Fsp3) is 0.167. The third kappa shape index (κ3) is 3.10. The van der Waals surface area contributed by atoms with Crippen LogP contribution in [-0.4, -0.2) is 24.4 Å². The highest BCUT2D eigenvalue weighted by molar-refractivity contribution is 6.03. The zero-order valence-electron chi connectivity index (χ0n) is 12.7. The first kappa shape index (κ1) is 15.7. The number of carbonyl (C=O) groups is 2. The van der Waals surface area contributed by atoms with Crippen molar-refractivity contribution >= 4 is 17.5 Å². The molecule has 0 spiro atoms. The molecular formula is C18H14FN3O2. The molecule has 1 N–H and O–H groups in total. The molecule has 0 bridgehead atoms. The van der Waals surface area contributed by atoms with Gasteiger partial charge in [0.05, 0.1) is 11.6 Å². The Hall–Kier alpha value is -3.20. The highest BCUT2D eigenvalue weighted by Crippen LogP contribution is 2.22. The standard InChI is InChI=1S/C18H14FN3O2/c19-14-4-6-15(7-5-14)22-9-8-16(18(22)24)21-17(23)13-3-1-2-12(10-13)11-20/h1-7,10,16H,8-9H2,(H,21,23)/t16-/m1/s1. The van der Waals surface area contributed by atoms with Crippen LogP contribution >= 0.6 is 0 Å². The molecule has 0 saturated carbocycles. The summed E-state index contributed by atoms with van der Waals surface area (Å²) >= 11 is 0. The fourth-order valence-corrected chi connectivity index (χ4v) is 2.66. The first-order valence-electron chi connectivity index (χ1n) is 7.46. The first-order chi connectivity index (χ1) is 11.6. The summed E-state index contributed by atoms with van der Waals surface area (Å²) in [5, 5.41) is 11.6. The van der Waals surface area contributed by atoms with Crippen LogP contribution in [0.1, 0.15) is 22.3 Å². The SMILES string of the molecule is N#Cc1cccc(C(=O)N[C@@H]2CCN(c3ccc(F)cc3)C2=O)c1. The van der Waals surface area contributed by atoms with Crippen LogP contribution in [0.2, 0.25) is 0 Å². The summed E-state index contributed by atoms with van der Waals surface area (Å²) in [6.07, 6.45) is 0.472. The van der Waals surface area contributed by atoms with Crippen molar-refractivity contribution in [1.82, 2.24) is 5.32 Å². The van der Waals surface area contributed by atoms with Crippen LogP contribution in [0.4, 0.5) is 10.1 Å². The second-order valence-corrected chi connectivity index (χ2v) is 5.47. The van der Waals surface area contributed by atoms with Gasteiger partial charge < -0.3 is 10.2 Å². The number of carbonyl (C=O) groups excluding carboxylic acids is 2. The van der Waals surface area contributed by atoms with E-state index in [1.54, 1.807) is 18.2 Å². The van der Waals surface area contributed by atoms with Gasteiger partial charge in [0.2, 0.25) is 5.91 Å². The summed E-state index contributed by atoms with van der Waals surface area (Å²) < 4.78 is 13.0. The average molecular weight is 323 g/mol. The number of rotatable bonds is 3. The predicted molar refractivity (Wildman–Crippen MR) is 85.8 cm³/mol. The number of nitriles is 1. The Morgan fingerprint density at radius 3 is 2.71 bits per heavy atom. The van der Waals surface area contributed by atoms with E-state index in [0.29, 0.717) is 29.8 Å². The molecule has 0 aromatic heterocycles. The number of anilines is 1. The van der Waals surface area contributed by atoms with Gasteiger partial charge in [-0.05, 0) is 48.9 Å². The van der Waals surface area contributed by atoms with Crippen LogP contribution in [0.5, 0.6) is 0 Å². The Labute approximate surface area is 138 Å². The quantitative estimate of drug-likeness (QED) is 0.941. The Kier molecular flexibility index (Phi) is 4.25. The molecule has 0 aliphatic carbocycles. The second-order valence-electron chi connectivity index (χ2n) is 5.47. The van der Waals surface area contributed by atoms with Gasteiger partial charge in [-0.15, -0.1) is 0 Å². The lowest BCUT2D eigenvalue weighted by Gasteiger charge is -2.17. The van der Waals surface area contributed by atoms with E-state index in [1.807, 2.05) is 6.07 Å². The highest BCUT2D eigenvalue weighted by atomic mass is 19.1. The van der Waals surface area contributed by atoms with Gasteiger partial charge >= 0.3 is 0 Å². The van der Waals surface area contributed by atoms with E-state index in [2.05, 4.69) is 5.32 Å². The second kappa shape index (κ2) is 6.50. The molecule has 24 heavy (non-hydrogen) atoms. The maximum Gasteiger partial charge on any atom is 0.251 e. The minimum atomic E-state index is -0.631. The number of amides is 2. The lowest BCUT2D eigenvalue weighted by Crippen LogP contribution is -2.41. The van der Waals surface area contributed by atoms with Crippen molar-refractivity contribution in [1.29, 1.82) is 5.26 Å². The summed E-state index contributed by atoms with van der Waals surface area (Å²) in [7, 11) is 0. The van der Waals surface area contributed by atoms with Gasteiger partial charge in [-0.3, -0.25) is 9.59 Å². The summed E-state index contributed by atoms with van der Waals surface area (Å²) in [5.74, 6) is -0.995. The number of nitrogens with one attached hydrogen (secondary N) is 1. The van der Waals surface area contributed by atoms with Crippen molar-refractivity contribution in [2.75, 3.05) is 11.4 Å². The van der Waals surface area contributed by atoms with Gasteiger partial charge in [0.25, 0.3) is 5.91 Å². The lowest BCUT2D eigenvalue weighted by molar-refractivity contribution is -0.118. The van der Waals surface area contributed by atoms with Crippen molar-refractivity contribution in [3.05, 3.63) is 65.5 Å². The summed E-state index contributed by atoms with van der Waals surface area (Å²) in [5.41, 5.74) is 1.32. The van der Waals surface area contributed by atoms with Gasteiger partial charge in [-0.2, -0.15) is 5.26 Å². The molecule has 1 heterocycles. The summed E-state index contributed by atoms with van der Waals surface area (Å²) in [4.78, 5) is 26.2. The van der Waals surface area contributed by atoms with Crippen molar-refractivity contribution in [3.8, 4) is 6.07 Å². The highest BCUT2D eigenvalue weighted by Gasteiger charge is 2.33. The fourth-order valence-electron chi connectivity index (χ4n) is 2.66. The van der Waals surface area contributed by atoms with Crippen molar-refractivity contribution in [3.63, 3.8) is 0 Å². The molecule has 1 saturated heterocycles. The van der Waals surface area contributed by atoms with Crippen molar-refractivity contribution < 1.29 is 14.0 Å². The normalized spacial score (nSPS) is 16.8. The van der Waals surface area contributed by atoms with E-state index >= 15 is 0 Å². The van der Waals surface area contributed by atoms with Gasteiger partial charge in [-0.1, -0.05) is 6.07 Å². The van der Waals surface area contributed by atoms with E-state index in [4.69, 9.17) is 5.26 Å². The molecule has 0 radical (unpaired) electrons. The maximum absolute atomic E-state index is 13.0. The van der Waals surface area contributed by atoms with Gasteiger partial charge in [-0.25, -0.2) is 4.39 Å². The third-order valence-corrected chi connectivity index (χ3v) is 3.90. The van der Waals surface area contributed by atoms with Crippen LogP contribution in [0, 0.1) is 17.1 Å². The summed E-state index contributed by atoms with van der Waals surface area (Å²) in [6.45, 7) is 0.452. The molecule has 1 aliphatic rings. The van der Waals surface area contributed by atoms with Crippen LogP contribution in [0.25, 0.3) is 0 Å². The predicted octanol–water partition coefficient (Wildman–Crippen LogP) is 2.23.